The normalized spacial score (nSPS) is 16.4. The van der Waals surface area contributed by atoms with Crippen LogP contribution in [0, 0.1) is 5.41 Å². The van der Waals surface area contributed by atoms with Crippen molar-refractivity contribution in [2.75, 3.05) is 6.54 Å². The SMILES string of the molecule is CC(C)(C)C(F)(CN)c1ccc(C(F)(F)F)cc1. The monoisotopic (exact) mass is 263 g/mol. The summed E-state index contributed by atoms with van der Waals surface area (Å²) in [7, 11) is 0. The van der Waals surface area contributed by atoms with Crippen molar-refractivity contribution in [3.8, 4) is 0 Å². The van der Waals surface area contributed by atoms with Crippen LogP contribution in [0.25, 0.3) is 0 Å². The highest BCUT2D eigenvalue weighted by atomic mass is 19.4. The van der Waals surface area contributed by atoms with E-state index in [-0.39, 0.29) is 12.1 Å². The highest BCUT2D eigenvalue weighted by molar-refractivity contribution is 5.30. The van der Waals surface area contributed by atoms with Crippen LogP contribution in [-0.4, -0.2) is 6.54 Å². The Balaban J connectivity index is 3.19. The van der Waals surface area contributed by atoms with Crippen LogP contribution in [0.4, 0.5) is 17.6 Å². The molecule has 1 aromatic rings. The fourth-order valence-electron chi connectivity index (χ4n) is 1.78. The topological polar surface area (TPSA) is 26.0 Å². The van der Waals surface area contributed by atoms with Gasteiger partial charge in [0.2, 0.25) is 0 Å². The van der Waals surface area contributed by atoms with Gasteiger partial charge in [0.25, 0.3) is 0 Å². The van der Waals surface area contributed by atoms with Gasteiger partial charge in [-0.15, -0.1) is 0 Å². The van der Waals surface area contributed by atoms with E-state index < -0.39 is 22.8 Å². The van der Waals surface area contributed by atoms with Gasteiger partial charge in [-0.25, -0.2) is 4.39 Å². The summed E-state index contributed by atoms with van der Waals surface area (Å²) in [5, 5.41) is 0. The van der Waals surface area contributed by atoms with E-state index in [0.29, 0.717) is 0 Å². The van der Waals surface area contributed by atoms with Gasteiger partial charge in [0.15, 0.2) is 5.67 Å². The minimum absolute atomic E-state index is 0.172. The van der Waals surface area contributed by atoms with Crippen molar-refractivity contribution in [1.82, 2.24) is 0 Å². The zero-order valence-electron chi connectivity index (χ0n) is 10.6. The van der Waals surface area contributed by atoms with E-state index in [1.165, 1.54) is 0 Å². The van der Waals surface area contributed by atoms with E-state index in [0.717, 1.165) is 24.3 Å². The lowest BCUT2D eigenvalue weighted by Gasteiger charge is -2.37. The number of alkyl halides is 4. The molecule has 2 N–H and O–H groups in total. The Morgan fingerprint density at radius 1 is 0.889 bits per heavy atom. The highest BCUT2D eigenvalue weighted by Crippen LogP contribution is 2.42. The zero-order valence-corrected chi connectivity index (χ0v) is 10.6. The van der Waals surface area contributed by atoms with Crippen LogP contribution in [0.2, 0.25) is 0 Å². The number of hydrogen-bond acceptors (Lipinski definition) is 1. The molecule has 1 unspecified atom stereocenters. The minimum Gasteiger partial charge on any atom is -0.327 e. The summed E-state index contributed by atoms with van der Waals surface area (Å²) in [4.78, 5) is 0. The number of benzene rings is 1. The van der Waals surface area contributed by atoms with E-state index in [4.69, 9.17) is 5.73 Å². The molecule has 0 amide bonds. The quantitative estimate of drug-likeness (QED) is 0.805. The van der Waals surface area contributed by atoms with Crippen molar-refractivity contribution in [2.45, 2.75) is 32.6 Å². The number of nitrogens with two attached hydrogens (primary N) is 1. The molecule has 0 aliphatic rings. The molecule has 0 saturated carbocycles. The Kier molecular flexibility index (Phi) is 3.77. The van der Waals surface area contributed by atoms with Crippen LogP contribution in [0.15, 0.2) is 24.3 Å². The number of hydrogen-bond donors (Lipinski definition) is 1. The predicted octanol–water partition coefficient (Wildman–Crippen LogP) is 3.88. The first kappa shape index (κ1) is 15.0. The molecule has 102 valence electrons. The maximum Gasteiger partial charge on any atom is 0.416 e. The summed E-state index contributed by atoms with van der Waals surface area (Å²) in [6, 6.07) is 4.07. The molecule has 5 heteroatoms. The van der Waals surface area contributed by atoms with Crippen molar-refractivity contribution < 1.29 is 17.6 Å². The fourth-order valence-corrected chi connectivity index (χ4v) is 1.78. The van der Waals surface area contributed by atoms with Crippen LogP contribution in [0.1, 0.15) is 31.9 Å². The third-order valence-electron chi connectivity index (χ3n) is 3.14. The summed E-state index contributed by atoms with van der Waals surface area (Å²) in [5.41, 5.74) is 2.19. The lowest BCUT2D eigenvalue weighted by atomic mass is 9.73. The molecule has 0 radical (unpaired) electrons. The first-order chi connectivity index (χ1) is 8.02. The van der Waals surface area contributed by atoms with Gasteiger partial charge in [0.1, 0.15) is 0 Å². The first-order valence-corrected chi connectivity index (χ1v) is 5.59. The van der Waals surface area contributed by atoms with Crippen molar-refractivity contribution in [3.63, 3.8) is 0 Å². The molecule has 1 rings (SSSR count). The van der Waals surface area contributed by atoms with Gasteiger partial charge >= 0.3 is 6.18 Å². The maximum atomic E-state index is 14.8. The van der Waals surface area contributed by atoms with E-state index in [2.05, 4.69) is 0 Å². The molecule has 18 heavy (non-hydrogen) atoms. The van der Waals surface area contributed by atoms with Gasteiger partial charge in [0, 0.05) is 12.0 Å². The standard InChI is InChI=1S/C13H17F4N/c1-11(2,3)12(14,8-18)9-4-6-10(7-5-9)13(15,16)17/h4-7H,8,18H2,1-3H3. The average Bonchev–Trinajstić information content (AvgIpc) is 2.25. The molecule has 1 aromatic carbocycles. The van der Waals surface area contributed by atoms with Gasteiger partial charge in [-0.2, -0.15) is 13.2 Å². The first-order valence-electron chi connectivity index (χ1n) is 5.59. The van der Waals surface area contributed by atoms with E-state index in [1.54, 1.807) is 20.8 Å². The summed E-state index contributed by atoms with van der Waals surface area (Å²) < 4.78 is 52.0. The molecular formula is C13H17F4N. The maximum absolute atomic E-state index is 14.8. The zero-order chi connectivity index (χ0) is 14.2. The fraction of sp³-hybridized carbons (Fsp3) is 0.538. The summed E-state index contributed by atoms with van der Waals surface area (Å²) in [5.74, 6) is 0. The molecule has 0 saturated heterocycles. The summed E-state index contributed by atoms with van der Waals surface area (Å²) in [6.07, 6.45) is -4.41. The second-order valence-electron chi connectivity index (χ2n) is 5.33. The molecule has 0 bridgehead atoms. The number of halogens is 4. The molecule has 0 fully saturated rings. The molecule has 0 spiro atoms. The van der Waals surface area contributed by atoms with Crippen LogP contribution < -0.4 is 5.73 Å². The van der Waals surface area contributed by atoms with Crippen LogP contribution in [-0.2, 0) is 11.8 Å². The Hall–Kier alpha value is -1.10. The summed E-state index contributed by atoms with van der Waals surface area (Å²) >= 11 is 0. The van der Waals surface area contributed by atoms with E-state index in [9.17, 15) is 17.6 Å². The Morgan fingerprint density at radius 2 is 1.28 bits per heavy atom. The Morgan fingerprint density at radius 3 is 1.56 bits per heavy atom. The smallest absolute Gasteiger partial charge is 0.327 e. The molecule has 0 aliphatic heterocycles. The largest absolute Gasteiger partial charge is 0.416 e. The lowest BCUT2D eigenvalue weighted by molar-refractivity contribution is -0.137. The van der Waals surface area contributed by atoms with Gasteiger partial charge in [-0.3, -0.25) is 0 Å². The van der Waals surface area contributed by atoms with Crippen molar-refractivity contribution in [3.05, 3.63) is 35.4 Å². The molecule has 0 aliphatic carbocycles. The van der Waals surface area contributed by atoms with Crippen LogP contribution in [0.5, 0.6) is 0 Å². The van der Waals surface area contributed by atoms with E-state index in [1.807, 2.05) is 0 Å². The third-order valence-corrected chi connectivity index (χ3v) is 3.14. The molecule has 0 heterocycles. The Bertz CT molecular complexity index is 402. The molecule has 0 aromatic heterocycles. The van der Waals surface area contributed by atoms with Gasteiger partial charge in [0.05, 0.1) is 5.56 Å². The third kappa shape index (κ3) is 2.66. The lowest BCUT2D eigenvalue weighted by Crippen LogP contribution is -2.42. The second kappa shape index (κ2) is 4.53. The minimum atomic E-state index is -4.41. The van der Waals surface area contributed by atoms with Crippen LogP contribution >= 0.6 is 0 Å². The van der Waals surface area contributed by atoms with Gasteiger partial charge < -0.3 is 5.73 Å². The van der Waals surface area contributed by atoms with Crippen LogP contribution in [0.3, 0.4) is 0 Å². The second-order valence-corrected chi connectivity index (χ2v) is 5.33. The predicted molar refractivity (Wildman–Crippen MR) is 62.7 cm³/mol. The summed E-state index contributed by atoms with van der Waals surface area (Å²) in [6.45, 7) is 4.72. The molecular weight excluding hydrogens is 246 g/mol. The molecule has 1 atom stereocenters. The molecule has 1 nitrogen and oxygen atoms in total. The average molecular weight is 263 g/mol. The van der Waals surface area contributed by atoms with Gasteiger partial charge in [-0.1, -0.05) is 32.9 Å². The number of rotatable bonds is 2. The van der Waals surface area contributed by atoms with E-state index >= 15 is 0 Å². The van der Waals surface area contributed by atoms with Gasteiger partial charge in [-0.05, 0) is 17.7 Å². The van der Waals surface area contributed by atoms with Crippen molar-refractivity contribution in [1.29, 1.82) is 0 Å². The van der Waals surface area contributed by atoms with Crippen molar-refractivity contribution in [2.24, 2.45) is 11.1 Å². The highest BCUT2D eigenvalue weighted by Gasteiger charge is 2.43. The van der Waals surface area contributed by atoms with Crippen molar-refractivity contribution >= 4 is 0 Å². The Labute approximate surface area is 104 Å².